The fourth-order valence-electron chi connectivity index (χ4n) is 12.8. The number of aryl methyl sites for hydroxylation is 2. The molecule has 0 saturated carbocycles. The molecular formula is C62H45BN2OS. The molecule has 2 aliphatic carbocycles. The standard InChI is InChI=1S/C62H45BN2OS/c1-3-16-38(17-4-1)44-32-30-40-20-7-9-22-42(40)59(44)64-50-26-15-27-51-58(50)63(48-34-36-53-56(61(48)64)46-24-11-13-28-52(46)66-53)49-35-37-55-57(47-25-12-14-29-54(47)67-55)62(49)65(51)60-43-23-10-8-21-41(43)31-33-45(60)39-18-5-2-6-19-39/h1-6,11-19,24-37H,7-10,20-23H2. The summed E-state index contributed by atoms with van der Waals surface area (Å²) in [5, 5.41) is 5.02. The predicted molar refractivity (Wildman–Crippen MR) is 285 cm³/mol. The average molecular weight is 877 g/mol. The molecule has 0 atom stereocenters. The predicted octanol–water partition coefficient (Wildman–Crippen LogP) is 15.1. The van der Waals surface area contributed by atoms with Gasteiger partial charge in [-0.05, 0) is 138 Å². The van der Waals surface area contributed by atoms with Gasteiger partial charge >= 0.3 is 0 Å². The van der Waals surface area contributed by atoms with Crippen LogP contribution in [-0.4, -0.2) is 6.71 Å². The molecule has 15 rings (SSSR count). The highest BCUT2D eigenvalue weighted by molar-refractivity contribution is 7.26. The van der Waals surface area contributed by atoms with Crippen LogP contribution in [0.1, 0.15) is 47.9 Å². The number of nitrogens with zero attached hydrogens (tertiary/aromatic N) is 2. The van der Waals surface area contributed by atoms with Crippen molar-refractivity contribution in [1.29, 1.82) is 0 Å². The first-order chi connectivity index (χ1) is 33.3. The van der Waals surface area contributed by atoms with E-state index in [1.54, 1.807) is 0 Å². The Morgan fingerprint density at radius 2 is 0.955 bits per heavy atom. The first-order valence-electron chi connectivity index (χ1n) is 24.3. The number of anilines is 6. The Balaban J connectivity index is 1.13. The van der Waals surface area contributed by atoms with E-state index in [9.17, 15) is 0 Å². The van der Waals surface area contributed by atoms with Crippen LogP contribution in [0.4, 0.5) is 34.1 Å². The molecule has 0 amide bonds. The largest absolute Gasteiger partial charge is 0.456 e. The number of para-hydroxylation sites is 1. The van der Waals surface area contributed by atoms with Crippen LogP contribution in [-0.2, 0) is 25.7 Å². The van der Waals surface area contributed by atoms with Crippen LogP contribution in [0, 0.1) is 0 Å². The zero-order valence-electron chi connectivity index (χ0n) is 37.2. The van der Waals surface area contributed by atoms with Crippen molar-refractivity contribution in [2.45, 2.75) is 51.4 Å². The zero-order chi connectivity index (χ0) is 43.7. The summed E-state index contributed by atoms with van der Waals surface area (Å²) >= 11 is 1.92. The Morgan fingerprint density at radius 1 is 0.403 bits per heavy atom. The molecule has 0 saturated heterocycles. The third kappa shape index (κ3) is 5.41. The van der Waals surface area contributed by atoms with Crippen molar-refractivity contribution >= 4 is 111 Å². The van der Waals surface area contributed by atoms with Gasteiger partial charge in [0.2, 0.25) is 0 Å². The van der Waals surface area contributed by atoms with E-state index in [-0.39, 0.29) is 6.71 Å². The fraction of sp³-hybridized carbons (Fsp3) is 0.129. The van der Waals surface area contributed by atoms with E-state index in [0.29, 0.717) is 0 Å². The summed E-state index contributed by atoms with van der Waals surface area (Å²) in [5.74, 6) is 0. The average Bonchev–Trinajstić information content (AvgIpc) is 3.98. The lowest BCUT2D eigenvalue weighted by molar-refractivity contribution is 0.669. The second-order valence-electron chi connectivity index (χ2n) is 19.1. The van der Waals surface area contributed by atoms with E-state index in [2.05, 4.69) is 186 Å². The molecule has 5 heteroatoms. The van der Waals surface area contributed by atoms with Gasteiger partial charge < -0.3 is 14.2 Å². The zero-order valence-corrected chi connectivity index (χ0v) is 38.0. The lowest BCUT2D eigenvalue weighted by Crippen LogP contribution is -2.61. The summed E-state index contributed by atoms with van der Waals surface area (Å²) in [5.41, 5.74) is 24.6. The van der Waals surface area contributed by atoms with Gasteiger partial charge in [0.05, 0.1) is 28.1 Å². The van der Waals surface area contributed by atoms with Gasteiger partial charge in [0.25, 0.3) is 6.71 Å². The van der Waals surface area contributed by atoms with E-state index in [1.165, 1.54) is 146 Å². The van der Waals surface area contributed by atoms with Crippen molar-refractivity contribution in [2.75, 3.05) is 9.80 Å². The number of fused-ring (bicyclic) bond motifs is 14. The van der Waals surface area contributed by atoms with Crippen LogP contribution < -0.4 is 26.2 Å². The van der Waals surface area contributed by atoms with Crippen LogP contribution in [0.3, 0.4) is 0 Å². The molecule has 4 aliphatic rings. The molecule has 3 nitrogen and oxygen atoms in total. The Bertz CT molecular complexity index is 3600. The SMILES string of the molecule is c1ccc(-c2ccc3c(c2N2c4cccc5c4B(c4ccc6oc7ccccc7c6c42)c2ccc4sc6ccccc6c4c2N5c2c(-c4ccccc4)ccc4c2CCCC4)CCCC3)cc1. The van der Waals surface area contributed by atoms with E-state index in [4.69, 9.17) is 4.42 Å². The van der Waals surface area contributed by atoms with Crippen LogP contribution in [0.25, 0.3) is 64.4 Å². The summed E-state index contributed by atoms with van der Waals surface area (Å²) in [6, 6.07) is 66.7. The highest BCUT2D eigenvalue weighted by Crippen LogP contribution is 2.55. The maximum Gasteiger partial charge on any atom is 0.252 e. The van der Waals surface area contributed by atoms with Gasteiger partial charge in [-0.2, -0.15) is 0 Å². The van der Waals surface area contributed by atoms with Crippen molar-refractivity contribution < 1.29 is 4.42 Å². The summed E-state index contributed by atoms with van der Waals surface area (Å²) < 4.78 is 9.49. The van der Waals surface area contributed by atoms with Gasteiger partial charge in [-0.3, -0.25) is 0 Å². The number of benzene rings is 9. The summed E-state index contributed by atoms with van der Waals surface area (Å²) in [4.78, 5) is 5.49. The van der Waals surface area contributed by atoms with Crippen molar-refractivity contribution in [3.63, 3.8) is 0 Å². The first kappa shape index (κ1) is 37.8. The molecular weight excluding hydrogens is 832 g/mol. The minimum Gasteiger partial charge on any atom is -0.456 e. The molecule has 0 fully saturated rings. The molecule has 0 unspecified atom stereocenters. The number of furan rings is 1. The second kappa shape index (κ2) is 14.6. The summed E-state index contributed by atoms with van der Waals surface area (Å²) in [7, 11) is 0. The van der Waals surface area contributed by atoms with Gasteiger partial charge in [0.15, 0.2) is 0 Å². The Morgan fingerprint density at radius 3 is 1.61 bits per heavy atom. The van der Waals surface area contributed by atoms with Crippen molar-refractivity contribution in [3.8, 4) is 22.3 Å². The van der Waals surface area contributed by atoms with Gasteiger partial charge in [-0.15, -0.1) is 11.3 Å². The van der Waals surface area contributed by atoms with Crippen molar-refractivity contribution in [3.05, 3.63) is 198 Å². The van der Waals surface area contributed by atoms with Gasteiger partial charge in [0.1, 0.15) is 11.2 Å². The molecule has 2 aromatic heterocycles. The van der Waals surface area contributed by atoms with E-state index >= 15 is 0 Å². The van der Waals surface area contributed by atoms with Crippen LogP contribution in [0.5, 0.6) is 0 Å². The monoisotopic (exact) mass is 876 g/mol. The van der Waals surface area contributed by atoms with Gasteiger partial charge in [-0.1, -0.05) is 140 Å². The minimum atomic E-state index is -0.0377. The minimum absolute atomic E-state index is 0.0377. The van der Waals surface area contributed by atoms with E-state index in [1.807, 2.05) is 11.3 Å². The first-order valence-corrected chi connectivity index (χ1v) is 25.1. The van der Waals surface area contributed by atoms with Crippen LogP contribution in [0.2, 0.25) is 0 Å². The highest BCUT2D eigenvalue weighted by Gasteiger charge is 2.47. The molecule has 11 aromatic rings. The summed E-state index contributed by atoms with van der Waals surface area (Å²) in [6.07, 6.45) is 9.13. The van der Waals surface area contributed by atoms with Gasteiger partial charge in [0, 0.05) is 48.1 Å². The molecule has 0 radical (unpaired) electrons. The molecule has 9 aromatic carbocycles. The lowest BCUT2D eigenvalue weighted by Gasteiger charge is -2.46. The maximum atomic E-state index is 6.84. The molecule has 2 aliphatic heterocycles. The lowest BCUT2D eigenvalue weighted by atomic mass is 9.33. The summed E-state index contributed by atoms with van der Waals surface area (Å²) in [6.45, 7) is -0.0377. The Hall–Kier alpha value is -7.34. The molecule has 0 bridgehead atoms. The molecule has 318 valence electrons. The normalized spacial score (nSPS) is 14.9. The van der Waals surface area contributed by atoms with Crippen LogP contribution >= 0.6 is 11.3 Å². The van der Waals surface area contributed by atoms with E-state index in [0.717, 1.165) is 42.2 Å². The highest BCUT2D eigenvalue weighted by atomic mass is 32.1. The van der Waals surface area contributed by atoms with Crippen molar-refractivity contribution in [1.82, 2.24) is 0 Å². The van der Waals surface area contributed by atoms with Crippen LogP contribution in [0.15, 0.2) is 180 Å². The van der Waals surface area contributed by atoms with Gasteiger partial charge in [-0.25, -0.2) is 0 Å². The number of hydrogen-bond donors (Lipinski definition) is 0. The third-order valence-electron chi connectivity index (χ3n) is 15.6. The maximum absolute atomic E-state index is 6.84. The smallest absolute Gasteiger partial charge is 0.252 e. The third-order valence-corrected chi connectivity index (χ3v) is 16.8. The van der Waals surface area contributed by atoms with E-state index < -0.39 is 0 Å². The Kier molecular flexibility index (Phi) is 8.24. The molecule has 4 heterocycles. The fourth-order valence-corrected chi connectivity index (χ4v) is 13.9. The number of thiophene rings is 1. The van der Waals surface area contributed by atoms with Crippen molar-refractivity contribution in [2.24, 2.45) is 0 Å². The number of hydrogen-bond acceptors (Lipinski definition) is 4. The topological polar surface area (TPSA) is 19.6 Å². The quantitative estimate of drug-likeness (QED) is 0.164. The molecule has 0 N–H and O–H groups in total. The number of rotatable bonds is 4. The molecule has 0 spiro atoms. The second-order valence-corrected chi connectivity index (χ2v) is 20.2. The molecule has 67 heavy (non-hydrogen) atoms. The Labute approximate surface area is 394 Å².